The summed E-state index contributed by atoms with van der Waals surface area (Å²) in [6.45, 7) is 0. The first-order chi connectivity index (χ1) is 6.88. The molecule has 2 aromatic rings. The molecule has 14 heavy (non-hydrogen) atoms. The highest BCUT2D eigenvalue weighted by atomic mass is 16.5. The average Bonchev–Trinajstić information content (AvgIpc) is 2.97. The van der Waals surface area contributed by atoms with Crippen LogP contribution in [0.4, 0.5) is 0 Å². The molecular formula is C10H11N3O. The molecule has 0 bridgehead atoms. The van der Waals surface area contributed by atoms with Gasteiger partial charge in [0.2, 0.25) is 5.88 Å². The number of hydrogen-bond donors (Lipinski definition) is 0. The van der Waals surface area contributed by atoms with Gasteiger partial charge in [0.05, 0.1) is 7.11 Å². The van der Waals surface area contributed by atoms with E-state index in [-0.39, 0.29) is 0 Å². The molecule has 1 saturated carbocycles. The summed E-state index contributed by atoms with van der Waals surface area (Å²) in [5, 5.41) is 4.43. The van der Waals surface area contributed by atoms with E-state index >= 15 is 0 Å². The van der Waals surface area contributed by atoms with E-state index in [4.69, 9.17) is 4.74 Å². The summed E-state index contributed by atoms with van der Waals surface area (Å²) in [5.74, 6) is 2.27. The topological polar surface area (TPSA) is 39.4 Å². The van der Waals surface area contributed by atoms with Crippen LogP contribution in [0.3, 0.4) is 0 Å². The zero-order valence-electron chi connectivity index (χ0n) is 7.97. The first-order valence-electron chi connectivity index (χ1n) is 4.78. The zero-order chi connectivity index (χ0) is 9.54. The molecule has 0 amide bonds. The van der Waals surface area contributed by atoms with Crippen molar-refractivity contribution in [1.82, 2.24) is 14.6 Å². The largest absolute Gasteiger partial charge is 0.481 e. The molecule has 0 N–H and O–H groups in total. The minimum absolute atomic E-state index is 0.583. The van der Waals surface area contributed by atoms with Gasteiger partial charge in [0.1, 0.15) is 0 Å². The second-order valence-corrected chi connectivity index (χ2v) is 3.58. The molecule has 0 aliphatic heterocycles. The molecule has 4 nitrogen and oxygen atoms in total. The molecule has 0 saturated heterocycles. The molecule has 2 aromatic heterocycles. The number of pyridine rings is 1. The Hall–Kier alpha value is -1.58. The molecule has 3 rings (SSSR count). The number of aromatic nitrogens is 3. The molecule has 0 unspecified atom stereocenters. The Morgan fingerprint density at radius 3 is 3.00 bits per heavy atom. The second-order valence-electron chi connectivity index (χ2n) is 3.58. The molecular weight excluding hydrogens is 178 g/mol. The van der Waals surface area contributed by atoms with Gasteiger partial charge >= 0.3 is 0 Å². The fourth-order valence-electron chi connectivity index (χ4n) is 1.57. The number of methoxy groups -OCH3 is 1. The van der Waals surface area contributed by atoms with E-state index in [1.54, 1.807) is 11.6 Å². The highest BCUT2D eigenvalue weighted by molar-refractivity contribution is 5.41. The van der Waals surface area contributed by atoms with Gasteiger partial charge in [-0.05, 0) is 18.9 Å². The average molecular weight is 189 g/mol. The van der Waals surface area contributed by atoms with E-state index < -0.39 is 0 Å². The van der Waals surface area contributed by atoms with Crippen molar-refractivity contribution in [3.63, 3.8) is 0 Å². The van der Waals surface area contributed by atoms with Crippen molar-refractivity contribution in [2.45, 2.75) is 18.8 Å². The predicted octanol–water partition coefficient (Wildman–Crippen LogP) is 1.62. The van der Waals surface area contributed by atoms with Gasteiger partial charge in [0, 0.05) is 12.0 Å². The zero-order valence-corrected chi connectivity index (χ0v) is 7.97. The van der Waals surface area contributed by atoms with Crippen molar-refractivity contribution in [2.75, 3.05) is 7.11 Å². The third-order valence-electron chi connectivity index (χ3n) is 2.49. The maximum absolute atomic E-state index is 5.20. The van der Waals surface area contributed by atoms with Gasteiger partial charge in [-0.15, -0.1) is 5.10 Å². The first kappa shape index (κ1) is 7.79. The minimum Gasteiger partial charge on any atom is -0.481 e. The van der Waals surface area contributed by atoms with E-state index in [2.05, 4.69) is 10.1 Å². The van der Waals surface area contributed by atoms with Gasteiger partial charge in [-0.1, -0.05) is 6.07 Å². The van der Waals surface area contributed by atoms with Gasteiger partial charge in [-0.3, -0.25) is 0 Å². The van der Waals surface area contributed by atoms with E-state index in [0.717, 1.165) is 17.4 Å². The molecule has 2 heterocycles. The van der Waals surface area contributed by atoms with Crippen molar-refractivity contribution in [2.24, 2.45) is 0 Å². The summed E-state index contributed by atoms with van der Waals surface area (Å²) >= 11 is 0. The van der Waals surface area contributed by atoms with Crippen molar-refractivity contribution in [3.8, 4) is 5.88 Å². The Balaban J connectivity index is 2.20. The van der Waals surface area contributed by atoms with Crippen LogP contribution in [0.2, 0.25) is 0 Å². The van der Waals surface area contributed by atoms with E-state index in [0.29, 0.717) is 5.92 Å². The van der Waals surface area contributed by atoms with E-state index in [1.165, 1.54) is 12.8 Å². The number of rotatable bonds is 2. The lowest BCUT2D eigenvalue weighted by Gasteiger charge is -1.99. The summed E-state index contributed by atoms with van der Waals surface area (Å²) < 4.78 is 6.96. The summed E-state index contributed by atoms with van der Waals surface area (Å²) in [4.78, 5) is 4.46. The van der Waals surface area contributed by atoms with Crippen LogP contribution in [0, 0.1) is 0 Å². The summed E-state index contributed by atoms with van der Waals surface area (Å²) in [6, 6.07) is 5.76. The molecule has 1 aliphatic carbocycles. The van der Waals surface area contributed by atoms with Crippen molar-refractivity contribution in [1.29, 1.82) is 0 Å². The number of hydrogen-bond acceptors (Lipinski definition) is 3. The lowest BCUT2D eigenvalue weighted by Crippen LogP contribution is -1.95. The lowest BCUT2D eigenvalue weighted by molar-refractivity contribution is 0.385. The number of nitrogens with zero attached hydrogens (tertiary/aromatic N) is 3. The van der Waals surface area contributed by atoms with Crippen LogP contribution >= 0.6 is 0 Å². The van der Waals surface area contributed by atoms with Gasteiger partial charge in [0.15, 0.2) is 11.5 Å². The SMILES string of the molecule is COc1cccc2nc(C3CC3)nn12. The Labute approximate surface area is 81.5 Å². The number of fused-ring (bicyclic) bond motifs is 1. The molecule has 1 aliphatic rings. The number of ether oxygens (including phenoxy) is 1. The monoisotopic (exact) mass is 189 g/mol. The molecule has 4 heteroatoms. The van der Waals surface area contributed by atoms with Crippen LogP contribution in [0.15, 0.2) is 18.2 Å². The third-order valence-corrected chi connectivity index (χ3v) is 2.49. The highest BCUT2D eigenvalue weighted by Gasteiger charge is 2.28. The molecule has 0 spiro atoms. The Bertz CT molecular complexity index is 473. The van der Waals surface area contributed by atoms with Crippen molar-refractivity contribution >= 4 is 5.65 Å². The second kappa shape index (κ2) is 2.70. The summed E-state index contributed by atoms with van der Waals surface area (Å²) in [5.41, 5.74) is 0.867. The van der Waals surface area contributed by atoms with E-state index in [1.807, 2.05) is 18.2 Å². The van der Waals surface area contributed by atoms with Crippen molar-refractivity contribution < 1.29 is 4.74 Å². The maximum Gasteiger partial charge on any atom is 0.216 e. The minimum atomic E-state index is 0.583. The van der Waals surface area contributed by atoms with Gasteiger partial charge in [0.25, 0.3) is 0 Å². The quantitative estimate of drug-likeness (QED) is 0.720. The summed E-state index contributed by atoms with van der Waals surface area (Å²) in [6.07, 6.45) is 2.44. The lowest BCUT2D eigenvalue weighted by atomic mass is 10.4. The van der Waals surface area contributed by atoms with Crippen LogP contribution in [0.5, 0.6) is 5.88 Å². The van der Waals surface area contributed by atoms with Crippen LogP contribution < -0.4 is 4.74 Å². The predicted molar refractivity (Wildman–Crippen MR) is 51.5 cm³/mol. The van der Waals surface area contributed by atoms with E-state index in [9.17, 15) is 0 Å². The highest BCUT2D eigenvalue weighted by Crippen LogP contribution is 2.38. The third kappa shape index (κ3) is 1.07. The first-order valence-corrected chi connectivity index (χ1v) is 4.78. The standard InChI is InChI=1S/C10H11N3O/c1-14-9-4-2-3-8-11-10(7-5-6-7)12-13(8)9/h2-4,7H,5-6H2,1H3. The fraction of sp³-hybridized carbons (Fsp3) is 0.400. The molecule has 0 aromatic carbocycles. The van der Waals surface area contributed by atoms with Gasteiger partial charge in [-0.25, -0.2) is 4.98 Å². The van der Waals surface area contributed by atoms with Crippen LogP contribution in [-0.4, -0.2) is 21.7 Å². The normalized spacial score (nSPS) is 16.1. The van der Waals surface area contributed by atoms with Crippen molar-refractivity contribution in [3.05, 3.63) is 24.0 Å². The molecule has 0 radical (unpaired) electrons. The maximum atomic E-state index is 5.20. The molecule has 72 valence electrons. The Morgan fingerprint density at radius 1 is 1.43 bits per heavy atom. The molecule has 1 fully saturated rings. The van der Waals surface area contributed by atoms with Crippen LogP contribution in [0.25, 0.3) is 5.65 Å². The Kier molecular flexibility index (Phi) is 1.50. The Morgan fingerprint density at radius 2 is 2.29 bits per heavy atom. The summed E-state index contributed by atoms with van der Waals surface area (Å²) in [7, 11) is 1.65. The van der Waals surface area contributed by atoms with Crippen LogP contribution in [0.1, 0.15) is 24.6 Å². The fourth-order valence-corrected chi connectivity index (χ4v) is 1.57. The van der Waals surface area contributed by atoms with Gasteiger partial charge < -0.3 is 4.74 Å². The van der Waals surface area contributed by atoms with Gasteiger partial charge in [-0.2, -0.15) is 4.52 Å². The molecule has 0 atom stereocenters. The smallest absolute Gasteiger partial charge is 0.216 e. The van der Waals surface area contributed by atoms with Crippen LogP contribution in [-0.2, 0) is 0 Å².